The molecule has 0 aliphatic rings. The number of ketones is 1. The van der Waals surface area contributed by atoms with E-state index < -0.39 is 0 Å². The van der Waals surface area contributed by atoms with Crippen molar-refractivity contribution in [2.45, 2.75) is 20.8 Å². The number of carbonyl (C=O) groups excluding carboxylic acids is 1. The molecule has 0 aliphatic heterocycles. The molecule has 0 radical (unpaired) electrons. The summed E-state index contributed by atoms with van der Waals surface area (Å²) in [5.41, 5.74) is 2.46. The van der Waals surface area contributed by atoms with Gasteiger partial charge < -0.3 is 14.2 Å². The van der Waals surface area contributed by atoms with Crippen LogP contribution in [-0.2, 0) is 0 Å². The van der Waals surface area contributed by atoms with Crippen LogP contribution in [0.15, 0.2) is 55.1 Å². The highest BCUT2D eigenvalue weighted by Gasteiger charge is 2.11. The van der Waals surface area contributed by atoms with E-state index in [1.54, 1.807) is 42.5 Å². The molecule has 0 atom stereocenters. The highest BCUT2D eigenvalue weighted by atomic mass is 16.5. The molecule has 0 saturated heterocycles. The summed E-state index contributed by atoms with van der Waals surface area (Å²) in [5.74, 6) is 2.07. The second-order valence-corrected chi connectivity index (χ2v) is 5.79. The molecule has 0 fully saturated rings. The van der Waals surface area contributed by atoms with Gasteiger partial charge in [-0.3, -0.25) is 4.79 Å². The fourth-order valence-electron chi connectivity index (χ4n) is 2.59. The first-order chi connectivity index (χ1) is 13.1. The minimum atomic E-state index is -0.0727. The van der Waals surface area contributed by atoms with Crippen molar-refractivity contribution in [2.75, 3.05) is 19.8 Å². The monoisotopic (exact) mass is 366 g/mol. The number of carbonyl (C=O) groups is 1. The Hall–Kier alpha value is -3.01. The summed E-state index contributed by atoms with van der Waals surface area (Å²) in [5, 5.41) is 0. The van der Waals surface area contributed by atoms with E-state index >= 15 is 0 Å². The minimum absolute atomic E-state index is 0.0727. The Morgan fingerprint density at radius 2 is 1.70 bits per heavy atom. The van der Waals surface area contributed by atoms with Crippen LogP contribution in [0.2, 0.25) is 0 Å². The van der Waals surface area contributed by atoms with Crippen molar-refractivity contribution in [1.29, 1.82) is 0 Å². The summed E-state index contributed by atoms with van der Waals surface area (Å²) in [6, 6.07) is 10.9. The van der Waals surface area contributed by atoms with Crippen molar-refractivity contribution < 1.29 is 19.0 Å². The molecule has 2 aromatic carbocycles. The summed E-state index contributed by atoms with van der Waals surface area (Å²) < 4.78 is 16.8. The lowest BCUT2D eigenvalue weighted by Crippen LogP contribution is -2.01. The quantitative estimate of drug-likeness (QED) is 0.327. The smallest absolute Gasteiger partial charge is 0.185 e. The summed E-state index contributed by atoms with van der Waals surface area (Å²) >= 11 is 0. The van der Waals surface area contributed by atoms with Gasteiger partial charge in [0.1, 0.15) is 12.4 Å². The lowest BCUT2D eigenvalue weighted by Gasteiger charge is -2.15. The molecule has 0 saturated carbocycles. The Balaban J connectivity index is 2.17. The Bertz CT molecular complexity index is 804. The fraction of sp³-hybridized carbons (Fsp3) is 0.261. The van der Waals surface area contributed by atoms with Crippen LogP contribution >= 0.6 is 0 Å². The first kappa shape index (κ1) is 20.3. The maximum absolute atomic E-state index is 12.4. The average molecular weight is 366 g/mol. The molecule has 2 aromatic rings. The van der Waals surface area contributed by atoms with Crippen molar-refractivity contribution >= 4 is 11.9 Å². The van der Waals surface area contributed by atoms with Crippen LogP contribution in [0.5, 0.6) is 17.2 Å². The van der Waals surface area contributed by atoms with Crippen LogP contribution in [0.25, 0.3) is 6.08 Å². The van der Waals surface area contributed by atoms with Crippen molar-refractivity contribution in [3.63, 3.8) is 0 Å². The third-order valence-electron chi connectivity index (χ3n) is 3.92. The molecular formula is C23H26O4. The molecule has 4 heteroatoms. The van der Waals surface area contributed by atoms with Crippen LogP contribution in [0.4, 0.5) is 0 Å². The van der Waals surface area contributed by atoms with E-state index in [-0.39, 0.29) is 5.78 Å². The molecule has 0 aromatic heterocycles. The molecule has 2 rings (SSSR count). The van der Waals surface area contributed by atoms with Crippen LogP contribution in [0.3, 0.4) is 0 Å². The normalized spacial score (nSPS) is 10.6. The molecule has 0 bridgehead atoms. The van der Waals surface area contributed by atoms with E-state index in [2.05, 4.69) is 6.58 Å². The van der Waals surface area contributed by atoms with Gasteiger partial charge in [-0.2, -0.15) is 0 Å². The van der Waals surface area contributed by atoms with E-state index in [4.69, 9.17) is 14.2 Å². The minimum Gasteiger partial charge on any atom is -0.490 e. The lowest BCUT2D eigenvalue weighted by molar-refractivity contribution is 0.104. The second-order valence-electron chi connectivity index (χ2n) is 5.79. The number of hydrogen-bond acceptors (Lipinski definition) is 4. The average Bonchev–Trinajstić information content (AvgIpc) is 2.69. The molecule has 142 valence electrons. The molecule has 0 amide bonds. The number of allylic oxidation sites excluding steroid dienone is 1. The van der Waals surface area contributed by atoms with Gasteiger partial charge in [0.25, 0.3) is 0 Å². The van der Waals surface area contributed by atoms with Gasteiger partial charge in [-0.15, -0.1) is 0 Å². The van der Waals surface area contributed by atoms with Crippen molar-refractivity contribution in [3.05, 3.63) is 71.8 Å². The summed E-state index contributed by atoms with van der Waals surface area (Å²) in [6.45, 7) is 11.0. The zero-order chi connectivity index (χ0) is 19.6. The molecule has 27 heavy (non-hydrogen) atoms. The first-order valence-corrected chi connectivity index (χ1v) is 9.06. The van der Waals surface area contributed by atoms with Crippen LogP contribution in [-0.4, -0.2) is 25.6 Å². The maximum atomic E-state index is 12.4. The summed E-state index contributed by atoms with van der Waals surface area (Å²) in [7, 11) is 0. The third-order valence-corrected chi connectivity index (χ3v) is 3.92. The van der Waals surface area contributed by atoms with Crippen LogP contribution < -0.4 is 14.2 Å². The SMILES string of the molecule is C=CCOc1ccc(C(=O)/C=C/c2ccc(OCC)c(OCC)c2C)cc1. The van der Waals surface area contributed by atoms with E-state index in [1.165, 1.54) is 0 Å². The Morgan fingerprint density at radius 1 is 1.00 bits per heavy atom. The van der Waals surface area contributed by atoms with Gasteiger partial charge in [-0.25, -0.2) is 0 Å². The number of rotatable bonds is 10. The fourth-order valence-corrected chi connectivity index (χ4v) is 2.59. The predicted molar refractivity (Wildman–Crippen MR) is 109 cm³/mol. The maximum Gasteiger partial charge on any atom is 0.185 e. The van der Waals surface area contributed by atoms with E-state index in [0.717, 1.165) is 22.6 Å². The van der Waals surface area contributed by atoms with Gasteiger partial charge in [0.05, 0.1) is 13.2 Å². The van der Waals surface area contributed by atoms with Crippen LogP contribution in [0, 0.1) is 6.92 Å². The van der Waals surface area contributed by atoms with Crippen LogP contribution in [0.1, 0.15) is 35.3 Å². The zero-order valence-electron chi connectivity index (χ0n) is 16.2. The Morgan fingerprint density at radius 3 is 2.33 bits per heavy atom. The molecule has 4 nitrogen and oxygen atoms in total. The molecule has 0 N–H and O–H groups in total. The van der Waals surface area contributed by atoms with Crippen molar-refractivity contribution in [1.82, 2.24) is 0 Å². The van der Waals surface area contributed by atoms with Gasteiger partial charge in [0.15, 0.2) is 17.3 Å². The van der Waals surface area contributed by atoms with Gasteiger partial charge in [0, 0.05) is 11.1 Å². The highest BCUT2D eigenvalue weighted by Crippen LogP contribution is 2.34. The lowest BCUT2D eigenvalue weighted by atomic mass is 10.0. The van der Waals surface area contributed by atoms with E-state index in [9.17, 15) is 4.79 Å². The Kier molecular flexibility index (Phi) is 7.68. The van der Waals surface area contributed by atoms with E-state index in [1.807, 2.05) is 32.9 Å². The second kappa shape index (κ2) is 10.2. The topological polar surface area (TPSA) is 44.8 Å². The third kappa shape index (κ3) is 5.48. The van der Waals surface area contributed by atoms with Gasteiger partial charge in [0.2, 0.25) is 0 Å². The number of ether oxygens (including phenoxy) is 3. The molecule has 0 spiro atoms. The van der Waals surface area contributed by atoms with E-state index in [0.29, 0.717) is 31.1 Å². The molecular weight excluding hydrogens is 340 g/mol. The summed E-state index contributed by atoms with van der Waals surface area (Å²) in [6.07, 6.45) is 5.05. The molecule has 0 heterocycles. The Labute approximate surface area is 161 Å². The van der Waals surface area contributed by atoms with Crippen molar-refractivity contribution in [3.8, 4) is 17.2 Å². The molecule has 0 unspecified atom stereocenters. The van der Waals surface area contributed by atoms with Gasteiger partial charge in [-0.1, -0.05) is 24.8 Å². The van der Waals surface area contributed by atoms with Gasteiger partial charge in [-0.05, 0) is 62.7 Å². The van der Waals surface area contributed by atoms with Crippen molar-refractivity contribution in [2.24, 2.45) is 0 Å². The number of benzene rings is 2. The highest BCUT2D eigenvalue weighted by molar-refractivity contribution is 6.07. The first-order valence-electron chi connectivity index (χ1n) is 9.06. The number of hydrogen-bond donors (Lipinski definition) is 0. The zero-order valence-corrected chi connectivity index (χ0v) is 16.2. The largest absolute Gasteiger partial charge is 0.490 e. The predicted octanol–water partition coefficient (Wildman–Crippen LogP) is 5.25. The molecule has 0 aliphatic carbocycles. The van der Waals surface area contributed by atoms with Gasteiger partial charge >= 0.3 is 0 Å². The standard InChI is InChI=1S/C23H26O4/c1-5-16-27-20-12-8-19(9-13-20)21(24)14-10-18-11-15-22(25-6-2)23(17(18)4)26-7-3/h5,8-15H,1,6-7,16H2,2-4H3/b14-10+. The summed E-state index contributed by atoms with van der Waals surface area (Å²) in [4.78, 5) is 12.4.